The minimum Gasteiger partial charge on any atom is -0.445 e. The molecule has 33 heavy (non-hydrogen) atoms. The SMILES string of the molecule is CCN1CCc2c(c(CN(C(=O)OCc3ccccc3)C3CC3)nn2-c2cccc(F)c2)C1. The molecule has 5 rings (SSSR count). The van der Waals surface area contributed by atoms with Crippen molar-refractivity contribution >= 4 is 6.09 Å². The summed E-state index contributed by atoms with van der Waals surface area (Å²) in [5.74, 6) is -0.284. The van der Waals surface area contributed by atoms with Crippen LogP contribution in [0.15, 0.2) is 54.6 Å². The summed E-state index contributed by atoms with van der Waals surface area (Å²) in [6, 6.07) is 16.4. The molecule has 2 aromatic carbocycles. The van der Waals surface area contributed by atoms with Gasteiger partial charge in [-0.3, -0.25) is 9.80 Å². The fourth-order valence-electron chi connectivity index (χ4n) is 4.45. The molecule has 7 heteroatoms. The predicted octanol–water partition coefficient (Wildman–Crippen LogP) is 4.69. The highest BCUT2D eigenvalue weighted by Gasteiger charge is 2.36. The molecule has 1 fully saturated rings. The van der Waals surface area contributed by atoms with Gasteiger partial charge in [0.2, 0.25) is 0 Å². The Morgan fingerprint density at radius 2 is 2.00 bits per heavy atom. The second-order valence-corrected chi connectivity index (χ2v) is 8.78. The van der Waals surface area contributed by atoms with Crippen molar-refractivity contribution in [3.05, 3.63) is 82.9 Å². The highest BCUT2D eigenvalue weighted by molar-refractivity contribution is 5.68. The van der Waals surface area contributed by atoms with Crippen molar-refractivity contribution in [1.29, 1.82) is 0 Å². The Hall–Kier alpha value is -3.19. The van der Waals surface area contributed by atoms with Gasteiger partial charge in [0.1, 0.15) is 12.4 Å². The number of carbonyl (C=O) groups excluding carboxylic acids is 1. The zero-order valence-corrected chi connectivity index (χ0v) is 18.9. The van der Waals surface area contributed by atoms with Crippen LogP contribution < -0.4 is 0 Å². The van der Waals surface area contributed by atoms with Crippen LogP contribution in [0.2, 0.25) is 0 Å². The van der Waals surface area contributed by atoms with Gasteiger partial charge in [-0.2, -0.15) is 5.10 Å². The monoisotopic (exact) mass is 448 g/mol. The minimum absolute atomic E-state index is 0.189. The van der Waals surface area contributed by atoms with Gasteiger partial charge in [-0.05, 0) is 43.1 Å². The third kappa shape index (κ3) is 4.78. The van der Waals surface area contributed by atoms with Crippen LogP contribution in [-0.2, 0) is 30.9 Å². The maximum absolute atomic E-state index is 13.9. The average molecular weight is 449 g/mol. The topological polar surface area (TPSA) is 50.6 Å². The van der Waals surface area contributed by atoms with Gasteiger partial charge in [-0.25, -0.2) is 13.9 Å². The van der Waals surface area contributed by atoms with Gasteiger partial charge in [0.05, 0.1) is 23.6 Å². The number of nitrogens with zero attached hydrogens (tertiary/aromatic N) is 4. The first kappa shape index (κ1) is 21.6. The Kier molecular flexibility index (Phi) is 6.13. The van der Waals surface area contributed by atoms with Gasteiger partial charge in [0.15, 0.2) is 0 Å². The standard InChI is InChI=1S/C26H29FN4O2/c1-2-29-14-13-25-23(16-29)24(28-31(25)22-10-6-9-20(27)15-22)17-30(21-11-12-21)26(32)33-18-19-7-4-3-5-8-19/h3-10,15,21H,2,11-14,16-18H2,1H3. The van der Waals surface area contributed by atoms with Crippen LogP contribution in [0.3, 0.4) is 0 Å². The molecule has 2 heterocycles. The quantitative estimate of drug-likeness (QED) is 0.526. The molecule has 1 aromatic heterocycles. The summed E-state index contributed by atoms with van der Waals surface area (Å²) in [6.07, 6.45) is 2.50. The van der Waals surface area contributed by atoms with E-state index in [9.17, 15) is 9.18 Å². The molecule has 1 amide bonds. The maximum Gasteiger partial charge on any atom is 0.410 e. The number of likely N-dealkylation sites (N-methyl/N-ethyl adjacent to an activating group) is 1. The van der Waals surface area contributed by atoms with Crippen molar-refractivity contribution in [2.45, 2.75) is 51.9 Å². The van der Waals surface area contributed by atoms with Gasteiger partial charge in [-0.15, -0.1) is 0 Å². The fraction of sp³-hybridized carbons (Fsp3) is 0.385. The van der Waals surface area contributed by atoms with Crippen molar-refractivity contribution in [2.24, 2.45) is 0 Å². The summed E-state index contributed by atoms with van der Waals surface area (Å²) in [6.45, 7) is 5.49. The summed E-state index contributed by atoms with van der Waals surface area (Å²) < 4.78 is 21.5. The van der Waals surface area contributed by atoms with Crippen LogP contribution >= 0.6 is 0 Å². The van der Waals surface area contributed by atoms with Crippen molar-refractivity contribution in [3.63, 3.8) is 0 Å². The van der Waals surface area contributed by atoms with E-state index in [2.05, 4.69) is 11.8 Å². The number of benzene rings is 2. The van der Waals surface area contributed by atoms with E-state index in [4.69, 9.17) is 9.84 Å². The molecule has 1 aliphatic carbocycles. The van der Waals surface area contributed by atoms with E-state index in [-0.39, 0.29) is 24.6 Å². The Bertz CT molecular complexity index is 1130. The van der Waals surface area contributed by atoms with E-state index in [1.807, 2.05) is 46.0 Å². The number of carbonyl (C=O) groups is 1. The molecule has 6 nitrogen and oxygen atoms in total. The lowest BCUT2D eigenvalue weighted by Gasteiger charge is -2.27. The van der Waals surface area contributed by atoms with E-state index in [1.165, 1.54) is 12.1 Å². The highest BCUT2D eigenvalue weighted by atomic mass is 19.1. The van der Waals surface area contributed by atoms with E-state index in [0.29, 0.717) is 12.2 Å². The predicted molar refractivity (Wildman–Crippen MR) is 123 cm³/mol. The number of aromatic nitrogens is 2. The third-order valence-electron chi connectivity index (χ3n) is 6.47. The van der Waals surface area contributed by atoms with Crippen LogP contribution in [-0.4, -0.2) is 44.8 Å². The van der Waals surface area contributed by atoms with E-state index in [1.54, 1.807) is 6.07 Å². The second kappa shape index (κ2) is 9.35. The third-order valence-corrected chi connectivity index (χ3v) is 6.47. The molecular weight excluding hydrogens is 419 g/mol. The highest BCUT2D eigenvalue weighted by Crippen LogP contribution is 2.32. The molecule has 0 N–H and O–H groups in total. The number of hydrogen-bond donors (Lipinski definition) is 0. The summed E-state index contributed by atoms with van der Waals surface area (Å²) in [5, 5.41) is 4.90. The number of fused-ring (bicyclic) bond motifs is 1. The van der Waals surface area contributed by atoms with Crippen molar-refractivity contribution < 1.29 is 13.9 Å². The molecular formula is C26H29FN4O2. The van der Waals surface area contributed by atoms with Crippen LogP contribution in [0.25, 0.3) is 5.69 Å². The molecule has 0 radical (unpaired) electrons. The van der Waals surface area contributed by atoms with Crippen LogP contribution in [0.4, 0.5) is 9.18 Å². The first-order valence-corrected chi connectivity index (χ1v) is 11.7. The van der Waals surface area contributed by atoms with Gasteiger partial charge >= 0.3 is 6.09 Å². The number of halogens is 1. The number of hydrogen-bond acceptors (Lipinski definition) is 4. The smallest absolute Gasteiger partial charge is 0.410 e. The van der Waals surface area contributed by atoms with Crippen LogP contribution in [0, 0.1) is 5.82 Å². The Labute approximate surface area is 193 Å². The first-order chi connectivity index (χ1) is 16.1. The van der Waals surface area contributed by atoms with E-state index < -0.39 is 0 Å². The van der Waals surface area contributed by atoms with E-state index in [0.717, 1.165) is 61.4 Å². The Morgan fingerprint density at radius 1 is 1.18 bits per heavy atom. The fourth-order valence-corrected chi connectivity index (χ4v) is 4.45. The number of amides is 1. The molecule has 0 saturated heterocycles. The maximum atomic E-state index is 13.9. The Morgan fingerprint density at radius 3 is 2.73 bits per heavy atom. The minimum atomic E-state index is -0.307. The zero-order chi connectivity index (χ0) is 22.8. The molecule has 1 aliphatic heterocycles. The van der Waals surface area contributed by atoms with Crippen molar-refractivity contribution in [2.75, 3.05) is 13.1 Å². The van der Waals surface area contributed by atoms with Gasteiger partial charge < -0.3 is 4.74 Å². The first-order valence-electron chi connectivity index (χ1n) is 11.7. The van der Waals surface area contributed by atoms with Gasteiger partial charge in [0, 0.05) is 31.1 Å². The van der Waals surface area contributed by atoms with E-state index >= 15 is 0 Å². The average Bonchev–Trinajstić information content (AvgIpc) is 3.62. The second-order valence-electron chi connectivity index (χ2n) is 8.78. The molecule has 1 saturated carbocycles. The lowest BCUT2D eigenvalue weighted by atomic mass is 10.0. The molecule has 0 atom stereocenters. The molecule has 0 bridgehead atoms. The van der Waals surface area contributed by atoms with Gasteiger partial charge in [0.25, 0.3) is 0 Å². The largest absolute Gasteiger partial charge is 0.445 e. The molecule has 172 valence electrons. The van der Waals surface area contributed by atoms with Crippen molar-refractivity contribution in [3.8, 4) is 5.69 Å². The molecule has 0 spiro atoms. The number of ether oxygens (including phenoxy) is 1. The van der Waals surface area contributed by atoms with Crippen LogP contribution in [0.5, 0.6) is 0 Å². The van der Waals surface area contributed by atoms with Crippen molar-refractivity contribution in [1.82, 2.24) is 19.6 Å². The summed E-state index contributed by atoms with van der Waals surface area (Å²) in [5.41, 5.74) is 4.80. The molecule has 0 unspecified atom stereocenters. The van der Waals surface area contributed by atoms with Crippen LogP contribution in [0.1, 0.15) is 42.3 Å². The summed E-state index contributed by atoms with van der Waals surface area (Å²) in [7, 11) is 0. The van der Waals surface area contributed by atoms with Gasteiger partial charge in [-0.1, -0.05) is 43.3 Å². The summed E-state index contributed by atoms with van der Waals surface area (Å²) in [4.78, 5) is 17.2. The number of rotatable bonds is 7. The lowest BCUT2D eigenvalue weighted by Crippen LogP contribution is -2.34. The molecule has 2 aliphatic rings. The Balaban J connectivity index is 1.41. The normalized spacial score (nSPS) is 15.8. The molecule has 3 aromatic rings. The zero-order valence-electron chi connectivity index (χ0n) is 18.9. The lowest BCUT2D eigenvalue weighted by molar-refractivity contribution is 0.0902. The summed E-state index contributed by atoms with van der Waals surface area (Å²) >= 11 is 0.